The molecule has 1 saturated heterocycles. The number of nitrogens with one attached hydrogen (secondary N) is 2. The van der Waals surface area contributed by atoms with Gasteiger partial charge < -0.3 is 15.4 Å². The van der Waals surface area contributed by atoms with Gasteiger partial charge >= 0.3 is 0 Å². The van der Waals surface area contributed by atoms with Crippen LogP contribution in [0.25, 0.3) is 0 Å². The minimum Gasteiger partial charge on any atom is -0.368 e. The Balaban J connectivity index is 1.49. The van der Waals surface area contributed by atoms with Crippen molar-refractivity contribution in [3.05, 3.63) is 60.2 Å². The normalized spacial score (nSPS) is 21.4. The summed E-state index contributed by atoms with van der Waals surface area (Å²) in [6.07, 6.45) is 4.75. The highest BCUT2D eigenvalue weighted by molar-refractivity contribution is 7.92. The van der Waals surface area contributed by atoms with Gasteiger partial charge in [0.2, 0.25) is 5.91 Å². The highest BCUT2D eigenvalue weighted by atomic mass is 32.2. The van der Waals surface area contributed by atoms with Crippen LogP contribution in [-0.4, -0.2) is 57.9 Å². The molecule has 2 aliphatic rings. The Bertz CT molecular complexity index is 1290. The Morgan fingerprint density at radius 2 is 1.72 bits per heavy atom. The number of amides is 2. The van der Waals surface area contributed by atoms with Crippen molar-refractivity contribution in [1.82, 2.24) is 10.6 Å². The first kappa shape index (κ1) is 28.8. The predicted molar refractivity (Wildman–Crippen MR) is 148 cm³/mol. The molecule has 1 heterocycles. The number of ether oxygens (including phenoxy) is 1. The number of hydrogen-bond donors (Lipinski definition) is 2. The fourth-order valence-electron chi connectivity index (χ4n) is 5.45. The Kier molecular flexibility index (Phi) is 8.76. The Morgan fingerprint density at radius 3 is 2.33 bits per heavy atom. The molecule has 2 N–H and O–H groups in total. The molecule has 1 aliphatic heterocycles. The molecule has 0 spiro atoms. The standard InChI is InChI=1S/C29H37N3O6S/c1-4-25-26(24(33)19-38-25)31-28(35)23(18-29(2)16-8-9-17-29)30-27(34)20-12-14-21(15-13-20)32(3)39(36,37)22-10-6-5-7-11-22/h5-7,10-15,23,25-26H,4,8-9,16-19H2,1-3H3,(H,30,34)(H,31,35)/t23?,25-,26?/m0/s1. The number of rotatable bonds is 10. The predicted octanol–water partition coefficient (Wildman–Crippen LogP) is 3.44. The fourth-order valence-corrected chi connectivity index (χ4v) is 6.67. The van der Waals surface area contributed by atoms with E-state index in [9.17, 15) is 22.8 Å². The average Bonchev–Trinajstić information content (AvgIpc) is 3.53. The van der Waals surface area contributed by atoms with E-state index in [2.05, 4.69) is 17.6 Å². The molecule has 0 radical (unpaired) electrons. The SMILES string of the molecule is CC[C@@H]1OCC(=O)C1NC(=O)C(CC1(C)CCCC1)NC(=O)c1ccc(N(C)S(=O)(=O)c2ccccc2)cc1. The Labute approximate surface area is 230 Å². The van der Waals surface area contributed by atoms with Gasteiger partial charge in [-0.3, -0.25) is 18.7 Å². The number of ketones is 1. The lowest BCUT2D eigenvalue weighted by Gasteiger charge is -2.30. The van der Waals surface area contributed by atoms with Crippen molar-refractivity contribution in [3.8, 4) is 0 Å². The number of carbonyl (C=O) groups excluding carboxylic acids is 3. The van der Waals surface area contributed by atoms with Crippen LogP contribution in [0, 0.1) is 5.41 Å². The summed E-state index contributed by atoms with van der Waals surface area (Å²) in [5, 5.41) is 5.71. The van der Waals surface area contributed by atoms with Crippen molar-refractivity contribution in [2.75, 3.05) is 18.0 Å². The number of carbonyl (C=O) groups is 3. The van der Waals surface area contributed by atoms with E-state index >= 15 is 0 Å². The quantitative estimate of drug-likeness (QED) is 0.463. The van der Waals surface area contributed by atoms with Crippen LogP contribution in [0.3, 0.4) is 0 Å². The van der Waals surface area contributed by atoms with Gasteiger partial charge in [0.05, 0.1) is 16.7 Å². The first-order valence-electron chi connectivity index (χ1n) is 13.4. The van der Waals surface area contributed by atoms with Gasteiger partial charge in [0.1, 0.15) is 18.7 Å². The molecule has 0 bridgehead atoms. The van der Waals surface area contributed by atoms with Crippen molar-refractivity contribution >= 4 is 33.3 Å². The molecule has 2 fully saturated rings. The third-order valence-corrected chi connectivity index (χ3v) is 9.68. The Morgan fingerprint density at radius 1 is 1.08 bits per heavy atom. The van der Waals surface area contributed by atoms with Crippen LogP contribution < -0.4 is 14.9 Å². The van der Waals surface area contributed by atoms with Gasteiger partial charge in [0.15, 0.2) is 5.78 Å². The fraction of sp³-hybridized carbons (Fsp3) is 0.483. The van der Waals surface area contributed by atoms with E-state index in [0.29, 0.717) is 24.1 Å². The lowest BCUT2D eigenvalue weighted by molar-refractivity contribution is -0.128. The minimum atomic E-state index is -3.76. The van der Waals surface area contributed by atoms with Gasteiger partial charge in [-0.05, 0) is 67.5 Å². The van der Waals surface area contributed by atoms with Crippen molar-refractivity contribution in [3.63, 3.8) is 0 Å². The van der Waals surface area contributed by atoms with Crippen LogP contribution in [0.2, 0.25) is 0 Å². The molecule has 0 aromatic heterocycles. The maximum absolute atomic E-state index is 13.4. The zero-order valence-corrected chi connectivity index (χ0v) is 23.5. The molecule has 1 saturated carbocycles. The van der Waals surface area contributed by atoms with E-state index in [1.54, 1.807) is 30.3 Å². The van der Waals surface area contributed by atoms with E-state index in [4.69, 9.17) is 4.74 Å². The minimum absolute atomic E-state index is 0.0288. The van der Waals surface area contributed by atoms with Crippen LogP contribution in [0.5, 0.6) is 0 Å². The number of hydrogen-bond acceptors (Lipinski definition) is 6. The lowest BCUT2D eigenvalue weighted by Crippen LogP contribution is -2.54. The van der Waals surface area contributed by atoms with Crippen molar-refractivity contribution in [1.29, 1.82) is 0 Å². The lowest BCUT2D eigenvalue weighted by atomic mass is 9.81. The largest absolute Gasteiger partial charge is 0.368 e. The summed E-state index contributed by atoms with van der Waals surface area (Å²) < 4.78 is 32.5. The van der Waals surface area contributed by atoms with E-state index in [0.717, 1.165) is 30.0 Å². The molecule has 4 rings (SSSR count). The topological polar surface area (TPSA) is 122 Å². The molecule has 210 valence electrons. The average molecular weight is 556 g/mol. The smallest absolute Gasteiger partial charge is 0.264 e. The number of Topliss-reactive ketones (excluding diaryl/α,β-unsaturated/α-hetero) is 1. The summed E-state index contributed by atoms with van der Waals surface area (Å²) in [4.78, 5) is 39.1. The van der Waals surface area contributed by atoms with Crippen molar-refractivity contribution in [2.24, 2.45) is 5.41 Å². The second-order valence-electron chi connectivity index (χ2n) is 10.8. The van der Waals surface area contributed by atoms with Crippen LogP contribution in [0.1, 0.15) is 62.7 Å². The second kappa shape index (κ2) is 11.9. The number of anilines is 1. The maximum Gasteiger partial charge on any atom is 0.264 e. The molecule has 2 unspecified atom stereocenters. The molecule has 2 aromatic carbocycles. The molecule has 39 heavy (non-hydrogen) atoms. The van der Waals surface area contributed by atoms with Gasteiger partial charge in [0, 0.05) is 12.6 Å². The van der Waals surface area contributed by atoms with E-state index in [1.165, 1.54) is 31.3 Å². The third-order valence-electron chi connectivity index (χ3n) is 7.88. The molecule has 2 aromatic rings. The summed E-state index contributed by atoms with van der Waals surface area (Å²) in [5.74, 6) is -1.01. The van der Waals surface area contributed by atoms with Gasteiger partial charge in [-0.25, -0.2) is 8.42 Å². The molecule has 9 nitrogen and oxygen atoms in total. The summed E-state index contributed by atoms with van der Waals surface area (Å²) in [7, 11) is -2.30. The highest BCUT2D eigenvalue weighted by Gasteiger charge is 2.40. The van der Waals surface area contributed by atoms with Gasteiger partial charge in [0.25, 0.3) is 15.9 Å². The summed E-state index contributed by atoms with van der Waals surface area (Å²) in [5.41, 5.74) is 0.604. The summed E-state index contributed by atoms with van der Waals surface area (Å²) in [6.45, 7) is 4.00. The summed E-state index contributed by atoms with van der Waals surface area (Å²) >= 11 is 0. The molecular formula is C29H37N3O6S. The zero-order chi connectivity index (χ0) is 28.2. The highest BCUT2D eigenvalue weighted by Crippen LogP contribution is 2.41. The first-order valence-corrected chi connectivity index (χ1v) is 14.9. The molecule has 2 amide bonds. The summed E-state index contributed by atoms with van der Waals surface area (Å²) in [6, 6.07) is 12.8. The van der Waals surface area contributed by atoms with Crippen LogP contribution in [-0.2, 0) is 24.3 Å². The second-order valence-corrected chi connectivity index (χ2v) is 12.8. The molecular weight excluding hydrogens is 518 g/mol. The van der Waals surface area contributed by atoms with Gasteiger partial charge in [-0.15, -0.1) is 0 Å². The Hall–Kier alpha value is -3.24. The van der Waals surface area contributed by atoms with E-state index < -0.39 is 33.9 Å². The van der Waals surface area contributed by atoms with Crippen molar-refractivity contribution < 1.29 is 27.5 Å². The molecule has 3 atom stereocenters. The van der Waals surface area contributed by atoms with Crippen LogP contribution in [0.4, 0.5) is 5.69 Å². The molecule has 10 heteroatoms. The molecule has 1 aliphatic carbocycles. The third kappa shape index (κ3) is 6.50. The van der Waals surface area contributed by atoms with E-state index in [1.807, 2.05) is 6.92 Å². The van der Waals surface area contributed by atoms with E-state index in [-0.39, 0.29) is 28.8 Å². The first-order chi connectivity index (χ1) is 18.5. The number of nitrogens with zero attached hydrogens (tertiary/aromatic N) is 1. The zero-order valence-electron chi connectivity index (χ0n) is 22.7. The van der Waals surface area contributed by atoms with Crippen molar-refractivity contribution in [2.45, 2.75) is 75.5 Å². The van der Waals surface area contributed by atoms with Crippen LogP contribution >= 0.6 is 0 Å². The maximum atomic E-state index is 13.4. The monoisotopic (exact) mass is 555 g/mol. The number of benzene rings is 2. The van der Waals surface area contributed by atoms with Gasteiger partial charge in [-0.1, -0.05) is 44.9 Å². The van der Waals surface area contributed by atoms with Crippen LogP contribution in [0.15, 0.2) is 59.5 Å². The van der Waals surface area contributed by atoms with Gasteiger partial charge in [-0.2, -0.15) is 0 Å². The number of sulfonamides is 1.